The van der Waals surface area contributed by atoms with Crippen molar-refractivity contribution in [1.82, 2.24) is 5.32 Å². The molecule has 0 saturated carbocycles. The first-order valence-electron chi connectivity index (χ1n) is 7.15. The number of furan rings is 1. The molecule has 1 unspecified atom stereocenters. The van der Waals surface area contributed by atoms with Gasteiger partial charge >= 0.3 is 0 Å². The molecule has 2 N–H and O–H groups in total. The van der Waals surface area contributed by atoms with Crippen LogP contribution < -0.4 is 5.32 Å². The summed E-state index contributed by atoms with van der Waals surface area (Å²) in [5.41, 5.74) is 0.186. The number of hydrogen-bond donors (Lipinski definition) is 2. The maximum absolute atomic E-state index is 12.0. The lowest BCUT2D eigenvalue weighted by Crippen LogP contribution is -2.49. The molecule has 0 aliphatic heterocycles. The van der Waals surface area contributed by atoms with Crippen molar-refractivity contribution in [3.05, 3.63) is 42.2 Å². The van der Waals surface area contributed by atoms with Gasteiger partial charge in [0.1, 0.15) is 11.3 Å². The molecule has 118 valence electrons. The van der Waals surface area contributed by atoms with E-state index in [-0.39, 0.29) is 12.5 Å². The maximum atomic E-state index is 12.0. The topological polar surface area (TPSA) is 71.7 Å². The largest absolute Gasteiger partial charge is 0.457 e. The maximum Gasteiger partial charge on any atom is 0.244 e. The Morgan fingerprint density at radius 1 is 1.45 bits per heavy atom. The number of ether oxygens (including phenoxy) is 1. The molecule has 5 heteroatoms. The molecule has 1 atom stereocenters. The van der Waals surface area contributed by atoms with E-state index in [0.29, 0.717) is 18.8 Å². The normalized spacial score (nSPS) is 14.3. The molecule has 0 bridgehead atoms. The third kappa shape index (κ3) is 4.19. The zero-order valence-corrected chi connectivity index (χ0v) is 12.8. The fourth-order valence-corrected chi connectivity index (χ4v) is 2.32. The lowest BCUT2D eigenvalue weighted by molar-refractivity contribution is -0.119. The molecule has 0 spiro atoms. The van der Waals surface area contributed by atoms with Gasteiger partial charge in [0.05, 0.1) is 12.1 Å². The van der Waals surface area contributed by atoms with E-state index in [0.717, 1.165) is 11.0 Å². The smallest absolute Gasteiger partial charge is 0.244 e. The summed E-state index contributed by atoms with van der Waals surface area (Å²) in [5.74, 6) is 0.361. The number of aliphatic hydroxyl groups is 1. The van der Waals surface area contributed by atoms with Crippen LogP contribution in [0.5, 0.6) is 0 Å². The molecule has 0 fully saturated rings. The Bertz CT molecular complexity index is 620. The van der Waals surface area contributed by atoms with Gasteiger partial charge in [0.15, 0.2) is 0 Å². The van der Waals surface area contributed by atoms with Gasteiger partial charge in [-0.2, -0.15) is 0 Å². The number of benzene rings is 1. The summed E-state index contributed by atoms with van der Waals surface area (Å²) in [4.78, 5) is 12.0. The monoisotopic (exact) mass is 303 g/mol. The number of aliphatic hydroxyl groups excluding tert-OH is 1. The Morgan fingerprint density at radius 2 is 2.23 bits per heavy atom. The molecule has 1 heterocycles. The first-order chi connectivity index (χ1) is 10.6. The summed E-state index contributed by atoms with van der Waals surface area (Å²) in [6.45, 7) is 2.14. The van der Waals surface area contributed by atoms with E-state index in [1.165, 1.54) is 6.08 Å². The number of methoxy groups -OCH3 is 1. The molecule has 1 amide bonds. The van der Waals surface area contributed by atoms with E-state index in [9.17, 15) is 4.79 Å². The van der Waals surface area contributed by atoms with Crippen molar-refractivity contribution in [2.45, 2.75) is 18.9 Å². The average Bonchev–Trinajstić information content (AvgIpc) is 2.88. The van der Waals surface area contributed by atoms with Gasteiger partial charge in [-0.05, 0) is 31.6 Å². The second kappa shape index (κ2) is 7.24. The number of rotatable bonds is 7. The highest BCUT2D eigenvalue weighted by molar-refractivity contribution is 5.92. The van der Waals surface area contributed by atoms with Gasteiger partial charge < -0.3 is 19.6 Å². The van der Waals surface area contributed by atoms with Gasteiger partial charge in [-0.15, -0.1) is 0 Å². The first-order valence-corrected chi connectivity index (χ1v) is 7.15. The molecule has 0 radical (unpaired) electrons. The summed E-state index contributed by atoms with van der Waals surface area (Å²) in [5, 5.41) is 12.9. The second-order valence-electron chi connectivity index (χ2n) is 5.48. The number of hydrogen-bond acceptors (Lipinski definition) is 4. The first kappa shape index (κ1) is 16.3. The van der Waals surface area contributed by atoms with Crippen molar-refractivity contribution in [2.24, 2.45) is 0 Å². The van der Waals surface area contributed by atoms with Crippen molar-refractivity contribution in [2.75, 3.05) is 20.3 Å². The van der Waals surface area contributed by atoms with Crippen molar-refractivity contribution in [3.8, 4) is 0 Å². The van der Waals surface area contributed by atoms with Crippen molar-refractivity contribution >= 4 is 23.0 Å². The number of para-hydroxylation sites is 1. The Morgan fingerprint density at radius 3 is 2.91 bits per heavy atom. The fraction of sp³-hybridized carbons (Fsp3) is 0.353. The molecule has 0 aliphatic rings. The third-order valence-corrected chi connectivity index (χ3v) is 3.40. The molecule has 22 heavy (non-hydrogen) atoms. The van der Waals surface area contributed by atoms with Crippen LogP contribution >= 0.6 is 0 Å². The van der Waals surface area contributed by atoms with Crippen LogP contribution in [0.25, 0.3) is 17.0 Å². The summed E-state index contributed by atoms with van der Waals surface area (Å²) >= 11 is 0. The van der Waals surface area contributed by atoms with E-state index >= 15 is 0 Å². The minimum Gasteiger partial charge on any atom is -0.457 e. The van der Waals surface area contributed by atoms with Crippen LogP contribution in [-0.4, -0.2) is 36.9 Å². The van der Waals surface area contributed by atoms with Gasteiger partial charge in [-0.25, -0.2) is 0 Å². The van der Waals surface area contributed by atoms with Gasteiger partial charge in [0.25, 0.3) is 0 Å². The molecule has 1 aromatic heterocycles. The molecule has 1 aromatic carbocycles. The van der Waals surface area contributed by atoms with E-state index < -0.39 is 5.54 Å². The van der Waals surface area contributed by atoms with Crippen LogP contribution in [0.1, 0.15) is 19.1 Å². The Balaban J connectivity index is 2.03. The van der Waals surface area contributed by atoms with Crippen LogP contribution in [0.3, 0.4) is 0 Å². The highest BCUT2D eigenvalue weighted by Gasteiger charge is 2.24. The summed E-state index contributed by atoms with van der Waals surface area (Å²) < 4.78 is 10.7. The average molecular weight is 303 g/mol. The van der Waals surface area contributed by atoms with E-state index in [2.05, 4.69) is 5.32 Å². The zero-order valence-electron chi connectivity index (χ0n) is 12.8. The number of carbonyl (C=O) groups excluding carboxylic acids is 1. The molecular formula is C17H21NO4. The van der Waals surface area contributed by atoms with Crippen LogP contribution in [0.4, 0.5) is 0 Å². The minimum atomic E-state index is -0.598. The van der Waals surface area contributed by atoms with Gasteiger partial charge in [-0.1, -0.05) is 18.2 Å². The van der Waals surface area contributed by atoms with Crippen molar-refractivity contribution in [3.63, 3.8) is 0 Å². The van der Waals surface area contributed by atoms with Crippen molar-refractivity contribution < 1.29 is 19.1 Å². The molecular weight excluding hydrogens is 282 g/mol. The van der Waals surface area contributed by atoms with E-state index in [4.69, 9.17) is 14.3 Å². The Hall–Kier alpha value is -2.11. The highest BCUT2D eigenvalue weighted by atomic mass is 16.5. The molecule has 2 aromatic rings. The Labute approximate surface area is 129 Å². The van der Waals surface area contributed by atoms with Crippen LogP contribution in [-0.2, 0) is 9.53 Å². The lowest BCUT2D eigenvalue weighted by atomic mass is 9.99. The van der Waals surface area contributed by atoms with Crippen LogP contribution in [0, 0.1) is 0 Å². The molecule has 0 saturated heterocycles. The Kier molecular flexibility index (Phi) is 5.35. The van der Waals surface area contributed by atoms with Gasteiger partial charge in [0, 0.05) is 25.2 Å². The highest BCUT2D eigenvalue weighted by Crippen LogP contribution is 2.19. The van der Waals surface area contributed by atoms with E-state index in [1.54, 1.807) is 13.2 Å². The summed E-state index contributed by atoms with van der Waals surface area (Å²) in [7, 11) is 1.56. The summed E-state index contributed by atoms with van der Waals surface area (Å²) in [6.07, 6.45) is 3.47. The quantitative estimate of drug-likeness (QED) is 0.770. The van der Waals surface area contributed by atoms with Crippen LogP contribution in [0.15, 0.2) is 40.8 Å². The predicted octanol–water partition coefficient (Wildman–Crippen LogP) is 2.35. The number of nitrogens with one attached hydrogen (secondary N) is 1. The zero-order chi connectivity index (χ0) is 16.0. The van der Waals surface area contributed by atoms with E-state index in [1.807, 2.05) is 37.3 Å². The fourth-order valence-electron chi connectivity index (χ4n) is 2.32. The number of fused-ring (bicyclic) bond motifs is 1. The molecule has 0 aliphatic carbocycles. The number of carbonyl (C=O) groups is 1. The van der Waals surface area contributed by atoms with Crippen molar-refractivity contribution in [1.29, 1.82) is 0 Å². The minimum absolute atomic E-state index is 0.0204. The van der Waals surface area contributed by atoms with Gasteiger partial charge in [-0.3, -0.25) is 4.79 Å². The molecule has 5 nitrogen and oxygen atoms in total. The third-order valence-electron chi connectivity index (χ3n) is 3.40. The lowest BCUT2D eigenvalue weighted by Gasteiger charge is -2.28. The van der Waals surface area contributed by atoms with Gasteiger partial charge in [0.2, 0.25) is 5.91 Å². The molecule has 2 rings (SSSR count). The standard InChI is InChI=1S/C17H21NO4/c1-17(9-10-19,12-21-2)18-16(20)8-7-14-11-13-5-3-4-6-15(13)22-14/h3-8,11,19H,9-10,12H2,1-2H3,(H,18,20)/b8-7+. The SMILES string of the molecule is COCC(C)(CCO)NC(=O)/C=C/c1cc2ccccc2o1. The predicted molar refractivity (Wildman–Crippen MR) is 85.4 cm³/mol. The summed E-state index contributed by atoms with van der Waals surface area (Å²) in [6, 6.07) is 9.54. The second-order valence-corrected chi connectivity index (χ2v) is 5.48. The van der Waals surface area contributed by atoms with Crippen LogP contribution in [0.2, 0.25) is 0 Å². The number of amides is 1.